The molecule has 2 atom stereocenters. The molecule has 2 heterocycles. The third-order valence-electron chi connectivity index (χ3n) is 4.06. The Morgan fingerprint density at radius 3 is 2.55 bits per heavy atom. The molecule has 112 valence electrons. The van der Waals surface area contributed by atoms with Gasteiger partial charge < -0.3 is 14.6 Å². The molecule has 1 N–H and O–H groups in total. The van der Waals surface area contributed by atoms with Crippen LogP contribution in [0, 0.1) is 0 Å². The van der Waals surface area contributed by atoms with E-state index in [-0.39, 0.29) is 18.4 Å². The second-order valence-corrected chi connectivity index (χ2v) is 5.78. The summed E-state index contributed by atoms with van der Waals surface area (Å²) in [7, 11) is 0. The first kappa shape index (κ1) is 15.6. The van der Waals surface area contributed by atoms with E-state index in [0.717, 1.165) is 37.6 Å². The number of aliphatic hydroxyl groups excluding tert-OH is 1. The molecule has 0 aromatic heterocycles. The Labute approximate surface area is 126 Å². The molecule has 2 aliphatic heterocycles. The molecule has 0 amide bonds. The van der Waals surface area contributed by atoms with Crippen LogP contribution in [-0.4, -0.2) is 48.0 Å². The smallest absolute Gasteiger partial charge is 0.131 e. The van der Waals surface area contributed by atoms with Crippen molar-refractivity contribution in [1.82, 2.24) is 4.90 Å². The minimum Gasteiger partial charge on any atom is -0.485 e. The molecule has 0 bridgehead atoms. The van der Waals surface area contributed by atoms with Crippen LogP contribution in [0.2, 0.25) is 0 Å². The van der Waals surface area contributed by atoms with Gasteiger partial charge >= 0.3 is 0 Å². The molecule has 20 heavy (non-hydrogen) atoms. The van der Waals surface area contributed by atoms with Crippen molar-refractivity contribution >= 4 is 12.4 Å². The van der Waals surface area contributed by atoms with E-state index in [2.05, 4.69) is 4.90 Å². The second-order valence-electron chi connectivity index (χ2n) is 5.78. The van der Waals surface area contributed by atoms with Crippen LogP contribution >= 0.6 is 12.4 Å². The topological polar surface area (TPSA) is 41.9 Å². The van der Waals surface area contributed by atoms with Crippen molar-refractivity contribution in [3.05, 3.63) is 29.8 Å². The van der Waals surface area contributed by atoms with E-state index in [1.54, 1.807) is 0 Å². The van der Waals surface area contributed by atoms with Gasteiger partial charge in [-0.3, -0.25) is 4.90 Å². The number of nitrogens with zero attached hydrogens (tertiary/aromatic N) is 1. The molecule has 0 saturated carbocycles. The molecule has 1 fully saturated rings. The lowest BCUT2D eigenvalue weighted by Crippen LogP contribution is -2.55. The Balaban J connectivity index is 0.00000147. The summed E-state index contributed by atoms with van der Waals surface area (Å²) in [6.07, 6.45) is -0.541. The van der Waals surface area contributed by atoms with E-state index in [9.17, 15) is 5.11 Å². The molecule has 1 aromatic carbocycles. The highest BCUT2D eigenvalue weighted by Crippen LogP contribution is 2.42. The quantitative estimate of drug-likeness (QED) is 0.861. The van der Waals surface area contributed by atoms with Crippen LogP contribution in [0.5, 0.6) is 5.75 Å². The fourth-order valence-corrected chi connectivity index (χ4v) is 2.96. The average Bonchev–Trinajstić information content (AvgIpc) is 2.41. The van der Waals surface area contributed by atoms with Crippen LogP contribution < -0.4 is 4.74 Å². The fourth-order valence-electron chi connectivity index (χ4n) is 2.96. The summed E-state index contributed by atoms with van der Waals surface area (Å²) in [5.41, 5.74) is 0.508. The molecule has 5 heteroatoms. The fraction of sp³-hybridized carbons (Fsp3) is 0.600. The highest BCUT2D eigenvalue weighted by molar-refractivity contribution is 5.85. The van der Waals surface area contributed by atoms with Crippen molar-refractivity contribution in [2.75, 3.05) is 26.3 Å². The van der Waals surface area contributed by atoms with Crippen LogP contribution in [0.1, 0.15) is 25.5 Å². The Morgan fingerprint density at radius 1 is 1.20 bits per heavy atom. The van der Waals surface area contributed by atoms with Gasteiger partial charge in [0.2, 0.25) is 0 Å². The van der Waals surface area contributed by atoms with E-state index in [4.69, 9.17) is 9.47 Å². The van der Waals surface area contributed by atoms with Crippen LogP contribution in [-0.2, 0) is 4.74 Å². The molecule has 0 radical (unpaired) electrons. The summed E-state index contributed by atoms with van der Waals surface area (Å²) >= 11 is 0. The molecular formula is C15H22ClNO3. The number of aliphatic hydroxyl groups is 1. The molecule has 1 saturated heterocycles. The maximum absolute atomic E-state index is 10.7. The van der Waals surface area contributed by atoms with Crippen molar-refractivity contribution in [3.63, 3.8) is 0 Å². The monoisotopic (exact) mass is 299 g/mol. The van der Waals surface area contributed by atoms with E-state index in [1.807, 2.05) is 38.1 Å². The summed E-state index contributed by atoms with van der Waals surface area (Å²) in [5, 5.41) is 10.7. The summed E-state index contributed by atoms with van der Waals surface area (Å²) < 4.78 is 11.4. The molecule has 3 rings (SSSR count). The average molecular weight is 300 g/mol. The zero-order valence-electron chi connectivity index (χ0n) is 11.9. The summed E-state index contributed by atoms with van der Waals surface area (Å²) in [4.78, 5) is 2.30. The number of ether oxygens (including phenoxy) is 2. The molecule has 2 aliphatic rings. The number of fused-ring (bicyclic) bond motifs is 1. The molecular weight excluding hydrogens is 278 g/mol. The number of benzene rings is 1. The van der Waals surface area contributed by atoms with E-state index >= 15 is 0 Å². The number of morpholine rings is 1. The first-order valence-electron chi connectivity index (χ1n) is 6.87. The molecule has 4 nitrogen and oxygen atoms in total. The van der Waals surface area contributed by atoms with Crippen molar-refractivity contribution < 1.29 is 14.6 Å². The van der Waals surface area contributed by atoms with Crippen molar-refractivity contribution in [2.45, 2.75) is 31.6 Å². The maximum atomic E-state index is 10.7. The molecule has 0 unspecified atom stereocenters. The SMILES string of the molecule is CC1(C)Oc2ccccc2[C@H](N2CCOCC2)[C@H]1O.Cl. The number of para-hydroxylation sites is 1. The Kier molecular flexibility index (Phi) is 4.59. The largest absolute Gasteiger partial charge is 0.485 e. The van der Waals surface area contributed by atoms with Gasteiger partial charge in [-0.25, -0.2) is 0 Å². The van der Waals surface area contributed by atoms with Gasteiger partial charge in [0, 0.05) is 18.7 Å². The number of hydrogen-bond donors (Lipinski definition) is 1. The first-order chi connectivity index (χ1) is 9.09. The summed E-state index contributed by atoms with van der Waals surface area (Å²) in [6, 6.07) is 8.00. The highest BCUT2D eigenvalue weighted by atomic mass is 35.5. The summed E-state index contributed by atoms with van der Waals surface area (Å²) in [5.74, 6) is 0.884. The van der Waals surface area contributed by atoms with Gasteiger partial charge in [0.1, 0.15) is 17.5 Å². The van der Waals surface area contributed by atoms with Gasteiger partial charge in [0.05, 0.1) is 19.3 Å². The maximum Gasteiger partial charge on any atom is 0.131 e. The molecule has 0 spiro atoms. The van der Waals surface area contributed by atoms with Crippen molar-refractivity contribution in [3.8, 4) is 5.75 Å². The lowest BCUT2D eigenvalue weighted by atomic mass is 9.85. The van der Waals surface area contributed by atoms with Gasteiger partial charge in [-0.2, -0.15) is 0 Å². The van der Waals surface area contributed by atoms with Gasteiger partial charge in [-0.15, -0.1) is 12.4 Å². The summed E-state index contributed by atoms with van der Waals surface area (Å²) in [6.45, 7) is 7.06. The van der Waals surface area contributed by atoms with Gasteiger partial charge in [0.25, 0.3) is 0 Å². The predicted octanol–water partition coefficient (Wildman–Crippen LogP) is 2.01. The zero-order chi connectivity index (χ0) is 13.5. The number of hydrogen-bond acceptors (Lipinski definition) is 4. The van der Waals surface area contributed by atoms with Crippen LogP contribution in [0.4, 0.5) is 0 Å². The van der Waals surface area contributed by atoms with Crippen LogP contribution in [0.3, 0.4) is 0 Å². The van der Waals surface area contributed by atoms with Crippen molar-refractivity contribution in [1.29, 1.82) is 0 Å². The van der Waals surface area contributed by atoms with Crippen LogP contribution in [0.25, 0.3) is 0 Å². The molecule has 0 aliphatic carbocycles. The van der Waals surface area contributed by atoms with Crippen molar-refractivity contribution in [2.24, 2.45) is 0 Å². The van der Waals surface area contributed by atoms with Gasteiger partial charge in [0.15, 0.2) is 0 Å². The number of halogens is 1. The van der Waals surface area contributed by atoms with E-state index < -0.39 is 11.7 Å². The first-order valence-corrected chi connectivity index (χ1v) is 6.87. The number of rotatable bonds is 1. The second kappa shape index (κ2) is 5.90. The minimum atomic E-state index is -0.572. The standard InChI is InChI=1S/C15H21NO3.ClH/c1-15(2)14(17)13(16-7-9-18-10-8-16)11-5-3-4-6-12(11)19-15;/h3-6,13-14,17H,7-10H2,1-2H3;1H/t13-,14+;/m0./s1. The third-order valence-corrected chi connectivity index (χ3v) is 4.06. The Hall–Kier alpha value is -0.810. The van der Waals surface area contributed by atoms with E-state index in [0.29, 0.717) is 0 Å². The zero-order valence-corrected chi connectivity index (χ0v) is 12.7. The molecule has 1 aromatic rings. The third kappa shape index (κ3) is 2.66. The lowest BCUT2D eigenvalue weighted by Gasteiger charge is -2.47. The van der Waals surface area contributed by atoms with Gasteiger partial charge in [-0.1, -0.05) is 18.2 Å². The normalized spacial score (nSPS) is 28.9. The van der Waals surface area contributed by atoms with Gasteiger partial charge in [-0.05, 0) is 19.9 Å². The lowest BCUT2D eigenvalue weighted by molar-refractivity contribution is -0.108. The highest BCUT2D eigenvalue weighted by Gasteiger charge is 2.45. The minimum absolute atomic E-state index is 0. The van der Waals surface area contributed by atoms with E-state index in [1.165, 1.54) is 0 Å². The Bertz CT molecular complexity index is 460. The predicted molar refractivity (Wildman–Crippen MR) is 79.5 cm³/mol. The van der Waals surface area contributed by atoms with Crippen LogP contribution in [0.15, 0.2) is 24.3 Å². The Morgan fingerprint density at radius 2 is 1.85 bits per heavy atom.